The van der Waals surface area contributed by atoms with E-state index in [-0.39, 0.29) is 0 Å². The molecule has 1 heterocycles. The highest BCUT2D eigenvalue weighted by atomic mass is 14.6. The fourth-order valence-electron chi connectivity index (χ4n) is 7.89. The number of hydrogen-bond donors (Lipinski definition) is 0. The minimum atomic E-state index is -0.542. The highest BCUT2D eigenvalue weighted by Gasteiger charge is 2.47. The van der Waals surface area contributed by atoms with Crippen LogP contribution in [-0.2, 0) is 5.41 Å². The van der Waals surface area contributed by atoms with Crippen molar-refractivity contribution in [3.05, 3.63) is 210 Å². The minimum Gasteiger partial charge on any atom is -0.263 e. The number of aromatic nitrogens is 1. The first-order valence-electron chi connectivity index (χ1n) is 16.6. The Kier molecular flexibility index (Phi) is 6.78. The first-order chi connectivity index (χ1) is 24.3. The third-order valence-corrected chi connectivity index (χ3v) is 10.1. The van der Waals surface area contributed by atoms with E-state index in [9.17, 15) is 5.26 Å². The summed E-state index contributed by atoms with van der Waals surface area (Å²) in [4.78, 5) is 4.27. The second kappa shape index (κ2) is 11.6. The summed E-state index contributed by atoms with van der Waals surface area (Å²) in [5.74, 6) is 0. The lowest BCUT2D eigenvalue weighted by molar-refractivity contribution is 0.769. The number of nitriles is 1. The van der Waals surface area contributed by atoms with Crippen molar-refractivity contribution in [2.75, 3.05) is 0 Å². The summed E-state index contributed by atoms with van der Waals surface area (Å²) in [5.41, 5.74) is 14.4. The summed E-state index contributed by atoms with van der Waals surface area (Å²) in [6.07, 6.45) is 3.41. The molecule has 0 amide bonds. The second-order valence-corrected chi connectivity index (χ2v) is 12.7. The Labute approximate surface area is 286 Å². The topological polar surface area (TPSA) is 36.7 Å². The second-order valence-electron chi connectivity index (χ2n) is 12.7. The van der Waals surface area contributed by atoms with E-state index in [1.807, 2.05) is 12.3 Å². The largest absolute Gasteiger partial charge is 0.263 e. The van der Waals surface area contributed by atoms with Gasteiger partial charge in [-0.05, 0) is 90.2 Å². The first-order valence-corrected chi connectivity index (χ1v) is 16.6. The van der Waals surface area contributed by atoms with Crippen molar-refractivity contribution >= 4 is 10.8 Å². The van der Waals surface area contributed by atoms with Gasteiger partial charge < -0.3 is 0 Å². The zero-order valence-electron chi connectivity index (χ0n) is 26.7. The van der Waals surface area contributed by atoms with Gasteiger partial charge >= 0.3 is 0 Å². The van der Waals surface area contributed by atoms with Gasteiger partial charge in [0.15, 0.2) is 0 Å². The number of fused-ring (bicyclic) bond motifs is 5. The molecule has 0 radical (unpaired) electrons. The molecule has 2 heteroatoms. The van der Waals surface area contributed by atoms with Gasteiger partial charge in [-0.15, -0.1) is 0 Å². The van der Waals surface area contributed by atoms with Crippen LogP contribution in [0.15, 0.2) is 182 Å². The number of rotatable bonds is 5. The summed E-state index contributed by atoms with van der Waals surface area (Å²) < 4.78 is 0. The van der Waals surface area contributed by atoms with Crippen molar-refractivity contribution < 1.29 is 0 Å². The molecule has 228 valence electrons. The molecule has 0 atom stereocenters. The molecule has 8 aromatic rings. The maximum absolute atomic E-state index is 9.39. The van der Waals surface area contributed by atoms with Gasteiger partial charge in [-0.3, -0.25) is 4.98 Å². The molecule has 0 saturated carbocycles. The van der Waals surface area contributed by atoms with Crippen molar-refractivity contribution in [2.24, 2.45) is 0 Å². The highest BCUT2D eigenvalue weighted by Crippen LogP contribution is 2.59. The molecule has 1 aliphatic rings. The predicted molar refractivity (Wildman–Crippen MR) is 200 cm³/mol. The summed E-state index contributed by atoms with van der Waals surface area (Å²) in [6, 6.07) is 63.8. The van der Waals surface area contributed by atoms with Crippen molar-refractivity contribution in [1.82, 2.24) is 4.98 Å². The third-order valence-electron chi connectivity index (χ3n) is 10.1. The molecule has 0 spiro atoms. The summed E-state index contributed by atoms with van der Waals surface area (Å²) in [5, 5.41) is 11.9. The van der Waals surface area contributed by atoms with Gasteiger partial charge in [-0.25, -0.2) is 0 Å². The van der Waals surface area contributed by atoms with E-state index >= 15 is 0 Å². The number of pyridine rings is 1. The Hall–Kier alpha value is -6.56. The van der Waals surface area contributed by atoms with Gasteiger partial charge in [0, 0.05) is 18.0 Å². The highest BCUT2D eigenvalue weighted by molar-refractivity contribution is 6.10. The molecule has 1 aliphatic carbocycles. The lowest BCUT2D eigenvalue weighted by Crippen LogP contribution is -2.28. The molecule has 0 N–H and O–H groups in total. The number of benzene rings is 7. The quantitative estimate of drug-likeness (QED) is 0.191. The van der Waals surface area contributed by atoms with E-state index in [1.165, 1.54) is 55.3 Å². The van der Waals surface area contributed by atoms with E-state index in [2.05, 4.69) is 175 Å². The van der Waals surface area contributed by atoms with Crippen molar-refractivity contribution in [3.8, 4) is 50.6 Å². The van der Waals surface area contributed by atoms with E-state index < -0.39 is 5.41 Å². The van der Waals surface area contributed by atoms with Gasteiger partial charge in [0.1, 0.15) is 6.07 Å². The lowest BCUT2D eigenvalue weighted by Gasteiger charge is -2.34. The maximum Gasteiger partial charge on any atom is 0.101 e. The van der Waals surface area contributed by atoms with Gasteiger partial charge in [-0.2, -0.15) is 5.26 Å². The first kappa shape index (κ1) is 28.6. The summed E-state index contributed by atoms with van der Waals surface area (Å²) in [6.45, 7) is 0. The molecule has 9 rings (SSSR count). The molecular formula is C47H30N2. The fourth-order valence-corrected chi connectivity index (χ4v) is 7.89. The Balaban J connectivity index is 1.33. The Bertz CT molecular complexity index is 2490. The molecule has 0 saturated heterocycles. The van der Waals surface area contributed by atoms with E-state index in [1.54, 1.807) is 6.20 Å². The van der Waals surface area contributed by atoms with Gasteiger partial charge in [0.05, 0.1) is 11.0 Å². The SMILES string of the molecule is N#Cc1cncc(-c2ccc(-c3ccc4c(c3)C(c3ccccc3)(c3ccccc3)c3cc(-c5ccccc5)c5ccccc5c3-4)cc2)c1. The molecule has 7 aromatic carbocycles. The van der Waals surface area contributed by atoms with Crippen LogP contribution >= 0.6 is 0 Å². The van der Waals surface area contributed by atoms with Crippen LogP contribution in [0.5, 0.6) is 0 Å². The van der Waals surface area contributed by atoms with Crippen LogP contribution < -0.4 is 0 Å². The third kappa shape index (κ3) is 4.52. The molecule has 1 aromatic heterocycles. The van der Waals surface area contributed by atoms with Crippen LogP contribution in [0.1, 0.15) is 27.8 Å². The average molecular weight is 623 g/mol. The molecule has 0 bridgehead atoms. The summed E-state index contributed by atoms with van der Waals surface area (Å²) >= 11 is 0. The van der Waals surface area contributed by atoms with Crippen LogP contribution in [-0.4, -0.2) is 4.98 Å². The zero-order valence-corrected chi connectivity index (χ0v) is 26.7. The zero-order chi connectivity index (χ0) is 32.8. The smallest absolute Gasteiger partial charge is 0.101 e. The van der Waals surface area contributed by atoms with Crippen LogP contribution in [0.3, 0.4) is 0 Å². The van der Waals surface area contributed by atoms with Crippen LogP contribution in [0, 0.1) is 11.3 Å². The number of nitrogens with zero attached hydrogens (tertiary/aromatic N) is 2. The van der Waals surface area contributed by atoms with Crippen molar-refractivity contribution in [2.45, 2.75) is 5.41 Å². The summed E-state index contributed by atoms with van der Waals surface area (Å²) in [7, 11) is 0. The molecule has 0 unspecified atom stereocenters. The Morgan fingerprint density at radius 3 is 1.65 bits per heavy atom. The van der Waals surface area contributed by atoms with Gasteiger partial charge in [-0.1, -0.05) is 152 Å². The molecular weight excluding hydrogens is 593 g/mol. The Morgan fingerprint density at radius 2 is 1.00 bits per heavy atom. The van der Waals surface area contributed by atoms with Crippen LogP contribution in [0.2, 0.25) is 0 Å². The van der Waals surface area contributed by atoms with Crippen molar-refractivity contribution in [3.63, 3.8) is 0 Å². The normalized spacial score (nSPS) is 12.6. The molecule has 0 aliphatic heterocycles. The predicted octanol–water partition coefficient (Wildman–Crippen LogP) is 11.5. The van der Waals surface area contributed by atoms with Crippen LogP contribution in [0.25, 0.3) is 55.3 Å². The molecule has 0 fully saturated rings. The van der Waals surface area contributed by atoms with Crippen molar-refractivity contribution in [1.29, 1.82) is 5.26 Å². The van der Waals surface area contributed by atoms with E-state index in [0.29, 0.717) is 5.56 Å². The molecule has 2 nitrogen and oxygen atoms in total. The lowest BCUT2D eigenvalue weighted by atomic mass is 9.67. The van der Waals surface area contributed by atoms with E-state index in [0.717, 1.165) is 22.3 Å². The monoisotopic (exact) mass is 622 g/mol. The molecule has 49 heavy (non-hydrogen) atoms. The van der Waals surface area contributed by atoms with Crippen LogP contribution in [0.4, 0.5) is 0 Å². The maximum atomic E-state index is 9.39. The van der Waals surface area contributed by atoms with E-state index in [4.69, 9.17) is 0 Å². The number of hydrogen-bond acceptors (Lipinski definition) is 2. The van der Waals surface area contributed by atoms with Gasteiger partial charge in [0.2, 0.25) is 0 Å². The average Bonchev–Trinajstić information content (AvgIpc) is 3.49. The fraction of sp³-hybridized carbons (Fsp3) is 0.0213. The Morgan fingerprint density at radius 1 is 0.429 bits per heavy atom. The standard InChI is InChI=1S/C47H30N2/c48-29-32-26-37(31-49-30-32)34-22-20-33(21-23-34)36-24-25-42-44(27-36)47(38-14-6-2-7-15-38,39-16-8-3-9-17-39)45-28-43(35-12-4-1-5-13-35)40-18-10-11-19-41(40)46(42)45/h1-28,30-31H. The van der Waals surface area contributed by atoms with Gasteiger partial charge in [0.25, 0.3) is 0 Å². The minimum absolute atomic E-state index is 0.542.